The van der Waals surface area contributed by atoms with Crippen molar-refractivity contribution in [2.75, 3.05) is 0 Å². The van der Waals surface area contributed by atoms with Crippen molar-refractivity contribution in [1.29, 1.82) is 0 Å². The van der Waals surface area contributed by atoms with Crippen molar-refractivity contribution in [3.05, 3.63) is 0 Å². The van der Waals surface area contributed by atoms with Gasteiger partial charge in [0, 0.05) is 16.8 Å². The Morgan fingerprint density at radius 2 is 1.00 bits per heavy atom. The molecule has 0 aliphatic carbocycles. The van der Waals surface area contributed by atoms with Gasteiger partial charge in [0.1, 0.15) is 0 Å². The van der Waals surface area contributed by atoms with Crippen LogP contribution in [0.3, 0.4) is 0 Å². The molecule has 0 aliphatic rings. The summed E-state index contributed by atoms with van der Waals surface area (Å²) < 4.78 is 0. The van der Waals surface area contributed by atoms with Crippen LogP contribution in [0.4, 0.5) is 0 Å². The minimum absolute atomic E-state index is 0. The quantitative estimate of drug-likeness (QED) is 0.292. The largest absolute Gasteiger partial charge is 1.00 e. The molecule has 0 fully saturated rings. The maximum atomic E-state index is 0. The van der Waals surface area contributed by atoms with Crippen LogP contribution in [-0.4, -0.2) is 11.0 Å². The summed E-state index contributed by atoms with van der Waals surface area (Å²) in [5.74, 6) is 0. The molecule has 0 amide bonds. The smallest absolute Gasteiger partial charge is 1.00 e. The molecule has 0 spiro atoms. The first-order chi connectivity index (χ1) is 0. The second-order valence-corrected chi connectivity index (χ2v) is 0. The molecule has 4 N–H and O–H groups in total. The molecule has 0 saturated carbocycles. The van der Waals surface area contributed by atoms with Gasteiger partial charge in [-0.3, -0.25) is 0 Å². The first-order valence-electron chi connectivity index (χ1n) is 0. The zero-order chi connectivity index (χ0) is 0. The summed E-state index contributed by atoms with van der Waals surface area (Å²) in [6, 6.07) is 0. The molecule has 1 radical (unpaired) electrons. The van der Waals surface area contributed by atoms with E-state index in [1.807, 2.05) is 0 Å². The van der Waals surface area contributed by atoms with Gasteiger partial charge in [0.05, 0.1) is 0 Å². The van der Waals surface area contributed by atoms with E-state index in [-0.39, 0.29) is 55.4 Å². The molecule has 5 heavy (non-hydrogen) atoms. The second-order valence-electron chi connectivity index (χ2n) is 0. The van der Waals surface area contributed by atoms with Gasteiger partial charge >= 0.3 is 18.9 Å². The van der Waals surface area contributed by atoms with E-state index in [4.69, 9.17) is 0 Å². The summed E-state index contributed by atoms with van der Waals surface area (Å²) in [6.45, 7) is 0. The fourth-order valence-corrected chi connectivity index (χ4v) is 0. The zero-order valence-corrected chi connectivity index (χ0v) is 3.37. The van der Waals surface area contributed by atoms with Gasteiger partial charge in [0.2, 0.25) is 0 Å². The molecule has 0 heterocycles. The van der Waals surface area contributed by atoms with Crippen molar-refractivity contribution in [2.24, 2.45) is 0 Å². The summed E-state index contributed by atoms with van der Waals surface area (Å²) in [5.41, 5.74) is 0. The van der Waals surface area contributed by atoms with E-state index in [9.17, 15) is 0 Å². The van der Waals surface area contributed by atoms with E-state index in [0.717, 1.165) is 0 Å². The zero-order valence-electron chi connectivity index (χ0n) is 3.33. The molecule has 0 aliphatic heterocycles. The SMILES string of the molecule is C.O.O.[Co].[H-].[Li+]. The van der Waals surface area contributed by atoms with Crippen molar-refractivity contribution in [2.45, 2.75) is 7.43 Å². The van der Waals surface area contributed by atoms with E-state index in [0.29, 0.717) is 0 Å². The van der Waals surface area contributed by atoms with Gasteiger partial charge in [-0.1, -0.05) is 7.43 Å². The third kappa shape index (κ3) is 43.8. The van der Waals surface area contributed by atoms with E-state index < -0.39 is 0 Å². The van der Waals surface area contributed by atoms with Crippen molar-refractivity contribution < 1.29 is 48.0 Å². The molecular formula is CH9CoLiO2. The van der Waals surface area contributed by atoms with E-state index in [1.165, 1.54) is 0 Å². The minimum Gasteiger partial charge on any atom is -1.00 e. The Labute approximate surface area is 55.8 Å². The Kier molecular flexibility index (Phi) is 2250. The van der Waals surface area contributed by atoms with Gasteiger partial charge in [-0.2, -0.15) is 0 Å². The molecule has 35 valence electrons. The predicted octanol–water partition coefficient (Wildman–Crippen LogP) is -3.90. The Hall–Kier alpha value is 1.02. The maximum Gasteiger partial charge on any atom is 1.00 e. The number of hydrogen-bond donors (Lipinski definition) is 0. The summed E-state index contributed by atoms with van der Waals surface area (Å²) in [5, 5.41) is 0. The molecule has 0 saturated heterocycles. The van der Waals surface area contributed by atoms with Crippen molar-refractivity contribution in [1.82, 2.24) is 0 Å². The van der Waals surface area contributed by atoms with Crippen LogP contribution in [0.2, 0.25) is 0 Å². The average Bonchev–Trinajstić information content (AvgIpc) is 0. The molecule has 0 aromatic rings. The fourth-order valence-electron chi connectivity index (χ4n) is 0. The van der Waals surface area contributed by atoms with E-state index in [2.05, 4.69) is 0 Å². The van der Waals surface area contributed by atoms with Crippen LogP contribution in [0, 0.1) is 0 Å². The topological polar surface area (TPSA) is 63.0 Å². The van der Waals surface area contributed by atoms with Crippen LogP contribution in [0.1, 0.15) is 8.85 Å². The summed E-state index contributed by atoms with van der Waals surface area (Å²) in [6.07, 6.45) is 0. The number of hydrogen-bond acceptors (Lipinski definition) is 0. The van der Waals surface area contributed by atoms with E-state index in [1.54, 1.807) is 0 Å². The fraction of sp³-hybridized carbons (Fsp3) is 1.00. The van der Waals surface area contributed by atoms with Crippen LogP contribution >= 0.6 is 0 Å². The van der Waals surface area contributed by atoms with Crippen LogP contribution < -0.4 is 18.9 Å². The Morgan fingerprint density at radius 1 is 1.00 bits per heavy atom. The second kappa shape index (κ2) is 77.6. The Morgan fingerprint density at radius 3 is 1.00 bits per heavy atom. The average molecular weight is 119 g/mol. The summed E-state index contributed by atoms with van der Waals surface area (Å²) in [4.78, 5) is 0. The van der Waals surface area contributed by atoms with Gasteiger partial charge in [-0.05, 0) is 0 Å². The normalized spacial score (nSPS) is 0. The predicted molar refractivity (Wildman–Crippen MR) is 15.1 cm³/mol. The van der Waals surface area contributed by atoms with Crippen molar-refractivity contribution in [3.63, 3.8) is 0 Å². The van der Waals surface area contributed by atoms with Gasteiger partial charge in [0.25, 0.3) is 0 Å². The maximum absolute atomic E-state index is 0. The number of rotatable bonds is 0. The van der Waals surface area contributed by atoms with Gasteiger partial charge in [0.15, 0.2) is 0 Å². The molecule has 0 aromatic carbocycles. The standard InChI is InChI=1S/CH4.Co.Li.2H2O.H/h1H4;;;2*1H2;/q;;+1;;;-1. The molecule has 2 nitrogen and oxygen atoms in total. The van der Waals surface area contributed by atoms with Crippen LogP contribution in [0.5, 0.6) is 0 Å². The summed E-state index contributed by atoms with van der Waals surface area (Å²) >= 11 is 0. The molecule has 0 aromatic heterocycles. The van der Waals surface area contributed by atoms with Gasteiger partial charge in [-0.25, -0.2) is 0 Å². The summed E-state index contributed by atoms with van der Waals surface area (Å²) in [7, 11) is 0. The van der Waals surface area contributed by atoms with Crippen LogP contribution in [-0.2, 0) is 16.8 Å². The monoisotopic (exact) mass is 119 g/mol. The third-order valence-corrected chi connectivity index (χ3v) is 0. The Balaban J connectivity index is 0. The minimum atomic E-state index is 0. The van der Waals surface area contributed by atoms with Crippen LogP contribution in [0.25, 0.3) is 0 Å². The van der Waals surface area contributed by atoms with Crippen LogP contribution in [0.15, 0.2) is 0 Å². The van der Waals surface area contributed by atoms with E-state index >= 15 is 0 Å². The first kappa shape index (κ1) is 145. The van der Waals surface area contributed by atoms with Crippen molar-refractivity contribution >= 4 is 0 Å². The first-order valence-corrected chi connectivity index (χ1v) is 0. The Bertz CT molecular complexity index is 13.5. The van der Waals surface area contributed by atoms with Crippen molar-refractivity contribution in [3.8, 4) is 0 Å². The molecule has 0 rings (SSSR count). The molecule has 4 heteroatoms. The molecule has 0 bridgehead atoms. The van der Waals surface area contributed by atoms with Gasteiger partial charge < -0.3 is 12.4 Å². The van der Waals surface area contributed by atoms with Gasteiger partial charge in [-0.15, -0.1) is 0 Å². The molecule has 0 atom stereocenters. The molecule has 0 unspecified atom stereocenters. The third-order valence-electron chi connectivity index (χ3n) is 0. The molecular weight excluding hydrogens is 110 g/mol.